The molecule has 30 heavy (non-hydrogen) atoms. The summed E-state index contributed by atoms with van der Waals surface area (Å²) >= 11 is 0. The lowest BCUT2D eigenvalue weighted by Gasteiger charge is -2.39. The minimum Gasteiger partial charge on any atom is -0.480 e. The van der Waals surface area contributed by atoms with Crippen LogP contribution in [0.5, 0.6) is 5.75 Å². The molecule has 0 unspecified atom stereocenters. The number of hydrogen-bond donors (Lipinski definition) is 5. The number of aliphatic carboxylic acids is 1. The fraction of sp³-hybridized carbons (Fsp3) is 0.381. The molecule has 162 valence electrons. The van der Waals surface area contributed by atoms with E-state index in [-0.39, 0.29) is 6.61 Å². The van der Waals surface area contributed by atoms with Gasteiger partial charge in [0.25, 0.3) is 0 Å². The maximum atomic E-state index is 10.6. The van der Waals surface area contributed by atoms with Crippen molar-refractivity contribution in [3.05, 3.63) is 54.1 Å². The predicted molar refractivity (Wildman–Crippen MR) is 104 cm³/mol. The van der Waals surface area contributed by atoms with Crippen LogP contribution in [0.1, 0.15) is 5.56 Å². The largest absolute Gasteiger partial charge is 0.480 e. The van der Waals surface area contributed by atoms with E-state index in [1.807, 2.05) is 12.1 Å². The first-order valence-corrected chi connectivity index (χ1v) is 9.35. The molecular weight excluding hydrogens is 396 g/mol. The molecule has 0 spiro atoms. The smallest absolute Gasteiger partial charge is 0.329 e. The minimum absolute atomic E-state index is 0.121. The van der Waals surface area contributed by atoms with Gasteiger partial charge in [0.05, 0.1) is 13.2 Å². The summed E-state index contributed by atoms with van der Waals surface area (Å²) in [6.07, 6.45) is -6.91. The normalized spacial score (nSPS) is 26.3. The van der Waals surface area contributed by atoms with Gasteiger partial charge in [0, 0.05) is 5.56 Å². The van der Waals surface area contributed by atoms with Crippen molar-refractivity contribution < 1.29 is 44.5 Å². The fourth-order valence-corrected chi connectivity index (χ4v) is 3.18. The average molecular weight is 420 g/mol. The first kappa shape index (κ1) is 22.2. The van der Waals surface area contributed by atoms with Gasteiger partial charge in [-0.25, -0.2) is 4.79 Å². The molecule has 2 aromatic carbocycles. The summed E-state index contributed by atoms with van der Waals surface area (Å²) in [5.74, 6) is -0.699. The van der Waals surface area contributed by atoms with Crippen LogP contribution >= 0.6 is 0 Å². The maximum Gasteiger partial charge on any atom is 0.329 e. The van der Waals surface area contributed by atoms with E-state index in [0.29, 0.717) is 11.3 Å². The highest BCUT2D eigenvalue weighted by atomic mass is 16.7. The second-order valence-electron chi connectivity index (χ2n) is 6.90. The summed E-state index contributed by atoms with van der Waals surface area (Å²) in [7, 11) is 0. The van der Waals surface area contributed by atoms with Crippen LogP contribution in [0.4, 0.5) is 0 Å². The average Bonchev–Trinajstić information content (AvgIpc) is 2.74. The highest BCUT2D eigenvalue weighted by molar-refractivity contribution is 5.71. The third kappa shape index (κ3) is 5.14. The van der Waals surface area contributed by atoms with Crippen molar-refractivity contribution in [2.75, 3.05) is 13.2 Å². The molecule has 5 N–H and O–H groups in total. The Hall–Kier alpha value is -2.53. The van der Waals surface area contributed by atoms with E-state index in [1.54, 1.807) is 36.4 Å². The van der Waals surface area contributed by atoms with E-state index in [9.17, 15) is 25.2 Å². The number of benzene rings is 2. The zero-order valence-corrected chi connectivity index (χ0v) is 16.0. The van der Waals surface area contributed by atoms with Crippen LogP contribution < -0.4 is 4.74 Å². The fourth-order valence-electron chi connectivity index (χ4n) is 3.18. The second-order valence-corrected chi connectivity index (χ2v) is 6.90. The number of rotatable bonds is 8. The Bertz CT molecular complexity index is 854. The van der Waals surface area contributed by atoms with Crippen molar-refractivity contribution in [3.63, 3.8) is 0 Å². The number of carboxylic acid groups (broad SMARTS) is 1. The van der Waals surface area contributed by atoms with Gasteiger partial charge in [-0.05, 0) is 23.3 Å². The lowest BCUT2D eigenvalue weighted by atomic mass is 9.99. The summed E-state index contributed by atoms with van der Waals surface area (Å²) in [4.78, 5) is 10.6. The van der Waals surface area contributed by atoms with Crippen molar-refractivity contribution in [2.45, 2.75) is 37.3 Å². The van der Waals surface area contributed by atoms with Crippen molar-refractivity contribution >= 4 is 5.97 Å². The minimum atomic E-state index is -1.54. The molecule has 0 bridgehead atoms. The molecule has 0 saturated carbocycles. The molecule has 1 saturated heterocycles. The summed E-state index contributed by atoms with van der Waals surface area (Å²) in [5.41, 5.74) is 2.18. The topological polar surface area (TPSA) is 146 Å². The quantitative estimate of drug-likeness (QED) is 0.402. The molecule has 1 aliphatic heterocycles. The Labute approximate surface area is 172 Å². The molecule has 9 heteroatoms. The monoisotopic (exact) mass is 420 g/mol. The third-order valence-electron chi connectivity index (χ3n) is 4.71. The molecule has 3 rings (SSSR count). The van der Waals surface area contributed by atoms with Gasteiger partial charge in [-0.1, -0.05) is 36.4 Å². The van der Waals surface area contributed by atoms with E-state index in [4.69, 9.17) is 19.3 Å². The lowest BCUT2D eigenvalue weighted by Crippen LogP contribution is -2.60. The predicted octanol–water partition coefficient (Wildman–Crippen LogP) is 0.133. The number of hydrogen-bond acceptors (Lipinski definition) is 8. The zero-order chi connectivity index (χ0) is 21.7. The molecule has 0 aliphatic carbocycles. The van der Waals surface area contributed by atoms with E-state index in [0.717, 1.165) is 11.1 Å². The van der Waals surface area contributed by atoms with Crippen LogP contribution in [0.15, 0.2) is 48.5 Å². The highest BCUT2D eigenvalue weighted by Crippen LogP contribution is 2.33. The van der Waals surface area contributed by atoms with Crippen molar-refractivity contribution in [1.82, 2.24) is 0 Å². The number of aliphatic hydroxyl groups is 4. The van der Waals surface area contributed by atoms with Gasteiger partial charge < -0.3 is 39.7 Å². The molecule has 5 atom stereocenters. The standard InChI is InChI=1S/C21H24O9/c22-9-16-18(25)19(26)20(27)21(30-16)29-15-7-2-1-6-14(15)13-5-3-4-12(8-13)10-28-11-17(23)24/h1-8,16,18-22,25-27H,9-11H2,(H,23,24)/t16-,18-,19+,20+,21-/m1/s1. The van der Waals surface area contributed by atoms with Crippen LogP contribution in [-0.2, 0) is 20.9 Å². The van der Waals surface area contributed by atoms with E-state index < -0.39 is 49.9 Å². The van der Waals surface area contributed by atoms with Crippen molar-refractivity contribution in [3.8, 4) is 16.9 Å². The Balaban J connectivity index is 1.80. The summed E-state index contributed by atoms with van der Waals surface area (Å²) < 4.78 is 16.3. The number of ether oxygens (including phenoxy) is 3. The van der Waals surface area contributed by atoms with Gasteiger partial charge in [0.15, 0.2) is 0 Å². The Kier molecular flexibility index (Phi) is 7.38. The Morgan fingerprint density at radius 3 is 2.50 bits per heavy atom. The highest BCUT2D eigenvalue weighted by Gasteiger charge is 2.44. The molecule has 2 aromatic rings. The van der Waals surface area contributed by atoms with Gasteiger partial charge in [-0.3, -0.25) is 0 Å². The molecular formula is C21H24O9. The van der Waals surface area contributed by atoms with E-state index in [2.05, 4.69) is 0 Å². The summed E-state index contributed by atoms with van der Waals surface area (Å²) in [5, 5.41) is 48.1. The number of carboxylic acids is 1. The molecule has 0 radical (unpaired) electrons. The molecule has 1 heterocycles. The molecule has 1 fully saturated rings. The third-order valence-corrected chi connectivity index (χ3v) is 4.71. The summed E-state index contributed by atoms with van der Waals surface area (Å²) in [6.45, 7) is -0.832. The Morgan fingerprint density at radius 1 is 1.00 bits per heavy atom. The maximum absolute atomic E-state index is 10.6. The van der Waals surface area contributed by atoms with Gasteiger partial charge in [-0.15, -0.1) is 0 Å². The van der Waals surface area contributed by atoms with Crippen molar-refractivity contribution in [2.24, 2.45) is 0 Å². The number of para-hydroxylation sites is 1. The van der Waals surface area contributed by atoms with E-state index >= 15 is 0 Å². The van der Waals surface area contributed by atoms with E-state index in [1.165, 1.54) is 0 Å². The molecule has 0 aromatic heterocycles. The summed E-state index contributed by atoms with van der Waals surface area (Å²) in [6, 6.07) is 14.2. The lowest BCUT2D eigenvalue weighted by molar-refractivity contribution is -0.277. The van der Waals surface area contributed by atoms with Gasteiger partial charge in [-0.2, -0.15) is 0 Å². The zero-order valence-electron chi connectivity index (χ0n) is 16.0. The van der Waals surface area contributed by atoms with Crippen LogP contribution in [0, 0.1) is 0 Å². The van der Waals surface area contributed by atoms with Crippen LogP contribution in [-0.4, -0.2) is 75.4 Å². The molecule has 0 amide bonds. The second kappa shape index (κ2) is 9.98. The molecule has 9 nitrogen and oxygen atoms in total. The SMILES string of the molecule is O=C(O)COCc1cccc(-c2ccccc2O[C@@H]2O[C@H](CO)[C@@H](O)[C@H](O)[C@@H]2O)c1. The van der Waals surface area contributed by atoms with Crippen LogP contribution in [0.2, 0.25) is 0 Å². The van der Waals surface area contributed by atoms with Gasteiger partial charge in [0.1, 0.15) is 36.8 Å². The Morgan fingerprint density at radius 2 is 1.77 bits per heavy atom. The number of carbonyl (C=O) groups is 1. The number of aliphatic hydroxyl groups excluding tert-OH is 4. The van der Waals surface area contributed by atoms with Gasteiger partial charge >= 0.3 is 5.97 Å². The van der Waals surface area contributed by atoms with Gasteiger partial charge in [0.2, 0.25) is 6.29 Å². The first-order valence-electron chi connectivity index (χ1n) is 9.35. The van der Waals surface area contributed by atoms with Crippen LogP contribution in [0.25, 0.3) is 11.1 Å². The molecule has 1 aliphatic rings. The first-order chi connectivity index (χ1) is 14.4. The van der Waals surface area contributed by atoms with Crippen molar-refractivity contribution in [1.29, 1.82) is 0 Å². The van der Waals surface area contributed by atoms with Crippen LogP contribution in [0.3, 0.4) is 0 Å².